The van der Waals surface area contributed by atoms with Gasteiger partial charge >= 0.3 is 0 Å². The van der Waals surface area contributed by atoms with Crippen LogP contribution in [0.25, 0.3) is 0 Å². The van der Waals surface area contributed by atoms with Gasteiger partial charge < -0.3 is 19.1 Å². The Balaban J connectivity index is 2.41. The molecule has 1 aromatic heterocycles. The summed E-state index contributed by atoms with van der Waals surface area (Å²) in [5.41, 5.74) is 0.681. The summed E-state index contributed by atoms with van der Waals surface area (Å²) in [4.78, 5) is 4.13. The molecule has 2 rings (SSSR count). The van der Waals surface area contributed by atoms with E-state index in [4.69, 9.17) is 9.47 Å². The second kappa shape index (κ2) is 5.10. The van der Waals surface area contributed by atoms with Crippen molar-refractivity contribution in [3.63, 3.8) is 0 Å². The van der Waals surface area contributed by atoms with Crippen molar-refractivity contribution in [3.05, 3.63) is 42.0 Å². The molecular weight excluding hydrogens is 232 g/mol. The van der Waals surface area contributed by atoms with Gasteiger partial charge in [-0.05, 0) is 17.7 Å². The minimum Gasteiger partial charge on any atom is -0.497 e. The molecule has 0 amide bonds. The van der Waals surface area contributed by atoms with Gasteiger partial charge in [0.2, 0.25) is 0 Å². The quantitative estimate of drug-likeness (QED) is 0.891. The summed E-state index contributed by atoms with van der Waals surface area (Å²) in [7, 11) is 4.99. The number of benzene rings is 1. The van der Waals surface area contributed by atoms with E-state index in [0.29, 0.717) is 22.9 Å². The van der Waals surface area contributed by atoms with E-state index >= 15 is 0 Å². The number of aromatic nitrogens is 2. The molecule has 2 aromatic rings. The van der Waals surface area contributed by atoms with Crippen LogP contribution < -0.4 is 9.47 Å². The molecule has 0 spiro atoms. The third-order valence-corrected chi connectivity index (χ3v) is 2.79. The molecule has 0 saturated carbocycles. The van der Waals surface area contributed by atoms with Crippen LogP contribution in [0.15, 0.2) is 30.6 Å². The number of ether oxygens (including phenoxy) is 2. The van der Waals surface area contributed by atoms with Crippen molar-refractivity contribution in [1.29, 1.82) is 0 Å². The lowest BCUT2D eigenvalue weighted by atomic mass is 10.1. The third kappa shape index (κ3) is 2.31. The summed E-state index contributed by atoms with van der Waals surface area (Å²) in [6.45, 7) is 0. The molecule has 0 saturated heterocycles. The Morgan fingerprint density at radius 1 is 1.17 bits per heavy atom. The van der Waals surface area contributed by atoms with Gasteiger partial charge in [0.15, 0.2) is 0 Å². The Bertz CT molecular complexity index is 515. The number of hydrogen-bond acceptors (Lipinski definition) is 4. The van der Waals surface area contributed by atoms with Gasteiger partial charge in [0, 0.05) is 25.5 Å². The van der Waals surface area contributed by atoms with E-state index in [9.17, 15) is 5.11 Å². The molecule has 0 aliphatic rings. The van der Waals surface area contributed by atoms with Crippen molar-refractivity contribution in [2.45, 2.75) is 6.10 Å². The first kappa shape index (κ1) is 12.4. The van der Waals surface area contributed by atoms with E-state index in [1.807, 2.05) is 7.05 Å². The predicted molar refractivity (Wildman–Crippen MR) is 66.8 cm³/mol. The van der Waals surface area contributed by atoms with Gasteiger partial charge in [0.25, 0.3) is 0 Å². The van der Waals surface area contributed by atoms with Crippen molar-refractivity contribution in [2.75, 3.05) is 14.2 Å². The number of methoxy groups -OCH3 is 2. The third-order valence-electron chi connectivity index (χ3n) is 2.79. The Labute approximate surface area is 106 Å². The maximum Gasteiger partial charge on any atom is 0.142 e. The first-order valence-electron chi connectivity index (χ1n) is 5.54. The zero-order valence-electron chi connectivity index (χ0n) is 10.6. The maximum absolute atomic E-state index is 10.3. The lowest BCUT2D eigenvalue weighted by molar-refractivity contribution is 0.205. The van der Waals surface area contributed by atoms with E-state index in [0.717, 1.165) is 0 Å². The molecule has 1 unspecified atom stereocenters. The molecule has 1 N–H and O–H groups in total. The second-order valence-electron chi connectivity index (χ2n) is 3.94. The van der Waals surface area contributed by atoms with Crippen molar-refractivity contribution < 1.29 is 14.6 Å². The van der Waals surface area contributed by atoms with Crippen LogP contribution in [0.5, 0.6) is 11.5 Å². The molecule has 0 bridgehead atoms. The molecule has 1 heterocycles. The number of aryl methyl sites for hydroxylation is 1. The first-order valence-corrected chi connectivity index (χ1v) is 5.54. The van der Waals surface area contributed by atoms with E-state index in [-0.39, 0.29) is 0 Å². The van der Waals surface area contributed by atoms with Crippen LogP contribution in [0.1, 0.15) is 17.5 Å². The lowest BCUT2D eigenvalue weighted by Crippen LogP contribution is -2.07. The van der Waals surface area contributed by atoms with Crippen LogP contribution >= 0.6 is 0 Å². The summed E-state index contributed by atoms with van der Waals surface area (Å²) >= 11 is 0. The summed E-state index contributed by atoms with van der Waals surface area (Å²) in [6, 6.07) is 5.29. The average molecular weight is 248 g/mol. The van der Waals surface area contributed by atoms with Crippen LogP contribution in [0.3, 0.4) is 0 Å². The molecule has 5 heteroatoms. The monoisotopic (exact) mass is 248 g/mol. The number of nitrogens with zero attached hydrogens (tertiary/aromatic N) is 2. The highest BCUT2D eigenvalue weighted by molar-refractivity contribution is 5.40. The first-order chi connectivity index (χ1) is 8.65. The molecule has 18 heavy (non-hydrogen) atoms. The fourth-order valence-corrected chi connectivity index (χ4v) is 1.78. The molecule has 0 fully saturated rings. The molecule has 1 aromatic carbocycles. The highest BCUT2D eigenvalue weighted by Gasteiger charge is 2.16. The number of aliphatic hydroxyl groups excluding tert-OH is 1. The molecule has 0 aliphatic heterocycles. The molecule has 96 valence electrons. The van der Waals surface area contributed by atoms with Gasteiger partial charge in [0.05, 0.1) is 14.2 Å². The Morgan fingerprint density at radius 2 is 1.78 bits per heavy atom. The SMILES string of the molecule is COc1cc(OC)cc(C(O)c2nccn2C)c1. The molecule has 1 atom stereocenters. The molecule has 0 aliphatic carbocycles. The Hall–Kier alpha value is -2.01. The Morgan fingerprint density at radius 3 is 2.22 bits per heavy atom. The Kier molecular flexibility index (Phi) is 3.53. The minimum absolute atomic E-state index is 0.574. The highest BCUT2D eigenvalue weighted by atomic mass is 16.5. The van der Waals surface area contributed by atoms with E-state index < -0.39 is 6.10 Å². The smallest absolute Gasteiger partial charge is 0.142 e. The second-order valence-corrected chi connectivity index (χ2v) is 3.94. The van der Waals surface area contributed by atoms with Crippen molar-refractivity contribution in [2.24, 2.45) is 7.05 Å². The van der Waals surface area contributed by atoms with E-state index in [1.165, 1.54) is 0 Å². The minimum atomic E-state index is -0.811. The standard InChI is InChI=1S/C13H16N2O3/c1-15-5-4-14-13(15)12(16)9-6-10(17-2)8-11(7-9)18-3/h4-8,12,16H,1-3H3. The maximum atomic E-state index is 10.3. The highest BCUT2D eigenvalue weighted by Crippen LogP contribution is 2.28. The summed E-state index contributed by atoms with van der Waals surface area (Å²) in [5, 5.41) is 10.3. The largest absolute Gasteiger partial charge is 0.497 e. The van der Waals surface area contributed by atoms with Crippen LogP contribution in [0, 0.1) is 0 Å². The van der Waals surface area contributed by atoms with E-state index in [2.05, 4.69) is 4.98 Å². The number of hydrogen-bond donors (Lipinski definition) is 1. The molecule has 0 radical (unpaired) electrons. The van der Waals surface area contributed by atoms with Gasteiger partial charge in [-0.2, -0.15) is 0 Å². The average Bonchev–Trinajstić information content (AvgIpc) is 2.83. The topological polar surface area (TPSA) is 56.5 Å². The zero-order chi connectivity index (χ0) is 13.1. The number of rotatable bonds is 4. The fourth-order valence-electron chi connectivity index (χ4n) is 1.78. The van der Waals surface area contributed by atoms with Crippen LogP contribution in [-0.2, 0) is 7.05 Å². The number of imidazole rings is 1. The van der Waals surface area contributed by atoms with Gasteiger partial charge in [-0.15, -0.1) is 0 Å². The number of aliphatic hydroxyl groups is 1. The van der Waals surface area contributed by atoms with Crippen LogP contribution in [0.4, 0.5) is 0 Å². The van der Waals surface area contributed by atoms with Gasteiger partial charge in [-0.3, -0.25) is 0 Å². The molecule has 5 nitrogen and oxygen atoms in total. The van der Waals surface area contributed by atoms with Gasteiger partial charge in [-0.25, -0.2) is 4.98 Å². The van der Waals surface area contributed by atoms with Crippen molar-refractivity contribution >= 4 is 0 Å². The summed E-state index contributed by atoms with van der Waals surface area (Å²) in [6.07, 6.45) is 2.63. The lowest BCUT2D eigenvalue weighted by Gasteiger charge is -2.13. The van der Waals surface area contributed by atoms with Crippen LogP contribution in [0.2, 0.25) is 0 Å². The predicted octanol–water partition coefficient (Wildman–Crippen LogP) is 1.52. The zero-order valence-corrected chi connectivity index (χ0v) is 10.6. The fraction of sp³-hybridized carbons (Fsp3) is 0.308. The summed E-state index contributed by atoms with van der Waals surface area (Å²) < 4.78 is 12.1. The van der Waals surface area contributed by atoms with Gasteiger partial charge in [0.1, 0.15) is 23.4 Å². The molecular formula is C13H16N2O3. The van der Waals surface area contributed by atoms with Crippen molar-refractivity contribution in [3.8, 4) is 11.5 Å². The summed E-state index contributed by atoms with van der Waals surface area (Å²) in [5.74, 6) is 1.85. The van der Waals surface area contributed by atoms with Gasteiger partial charge in [-0.1, -0.05) is 0 Å². The normalized spacial score (nSPS) is 12.2. The van der Waals surface area contributed by atoms with E-state index in [1.54, 1.807) is 49.4 Å². The van der Waals surface area contributed by atoms with Crippen molar-refractivity contribution in [1.82, 2.24) is 9.55 Å². The van der Waals surface area contributed by atoms with Crippen LogP contribution in [-0.4, -0.2) is 28.9 Å².